The zero-order valence-corrected chi connectivity index (χ0v) is 14.1. The van der Waals surface area contributed by atoms with Crippen molar-refractivity contribution in [1.29, 1.82) is 0 Å². The smallest absolute Gasteiger partial charge is 0.423 e. The summed E-state index contributed by atoms with van der Waals surface area (Å²) in [6.07, 6.45) is 1.79. The average molecular weight is 349 g/mol. The number of nitrogens with zero attached hydrogens (tertiary/aromatic N) is 3. The van der Waals surface area contributed by atoms with Crippen molar-refractivity contribution in [2.45, 2.75) is 12.8 Å². The summed E-state index contributed by atoms with van der Waals surface area (Å²) < 4.78 is 0. The van der Waals surface area contributed by atoms with Crippen molar-refractivity contribution < 1.29 is 19.6 Å². The van der Waals surface area contributed by atoms with E-state index in [9.17, 15) is 9.59 Å². The monoisotopic (exact) mass is 349 g/mol. The van der Waals surface area contributed by atoms with Crippen LogP contribution in [-0.4, -0.2) is 78.1 Å². The van der Waals surface area contributed by atoms with Gasteiger partial charge in [0.1, 0.15) is 5.82 Å². The zero-order valence-electron chi connectivity index (χ0n) is 14.1. The van der Waals surface area contributed by atoms with Crippen molar-refractivity contribution in [2.24, 2.45) is 5.73 Å². The van der Waals surface area contributed by atoms with Crippen LogP contribution in [-0.2, 0) is 9.59 Å². The van der Waals surface area contributed by atoms with E-state index in [1.807, 2.05) is 4.90 Å². The molecule has 0 aliphatic carbocycles. The van der Waals surface area contributed by atoms with E-state index in [4.69, 9.17) is 15.8 Å². The molecule has 1 fully saturated rings. The molecule has 10 heteroatoms. The van der Waals surface area contributed by atoms with Crippen LogP contribution in [0.3, 0.4) is 0 Å². The summed E-state index contributed by atoms with van der Waals surface area (Å²) in [5.74, 6) is 0.541. The Bertz CT molecular complexity index is 576. The first-order valence-corrected chi connectivity index (χ1v) is 8.33. The van der Waals surface area contributed by atoms with Gasteiger partial charge in [-0.3, -0.25) is 9.59 Å². The summed E-state index contributed by atoms with van der Waals surface area (Å²) in [5.41, 5.74) is 5.65. The molecule has 25 heavy (non-hydrogen) atoms. The van der Waals surface area contributed by atoms with Gasteiger partial charge >= 0.3 is 7.12 Å². The molecular weight excluding hydrogens is 325 g/mol. The van der Waals surface area contributed by atoms with Crippen LogP contribution in [0.2, 0.25) is 0 Å². The van der Waals surface area contributed by atoms with Crippen molar-refractivity contribution >= 4 is 30.2 Å². The second kappa shape index (κ2) is 9.35. The molecular formula is C15H24BN5O4. The number of hydrogen-bond acceptors (Lipinski definition) is 7. The van der Waals surface area contributed by atoms with Gasteiger partial charge in [0.05, 0.1) is 0 Å². The predicted octanol–water partition coefficient (Wildman–Crippen LogP) is -2.73. The van der Waals surface area contributed by atoms with Crippen molar-refractivity contribution in [2.75, 3.05) is 44.2 Å². The second-order valence-corrected chi connectivity index (χ2v) is 5.83. The van der Waals surface area contributed by atoms with Crippen LogP contribution in [0.4, 0.5) is 5.82 Å². The van der Waals surface area contributed by atoms with E-state index in [2.05, 4.69) is 10.3 Å². The van der Waals surface area contributed by atoms with Crippen LogP contribution in [0, 0.1) is 0 Å². The fourth-order valence-corrected chi connectivity index (χ4v) is 2.60. The number of carbonyl (C=O) groups excluding carboxylic acids is 2. The molecule has 136 valence electrons. The highest BCUT2D eigenvalue weighted by molar-refractivity contribution is 6.58. The number of amides is 2. The number of pyridine rings is 1. The lowest BCUT2D eigenvalue weighted by atomic mass is 9.82. The maximum atomic E-state index is 12.2. The van der Waals surface area contributed by atoms with Gasteiger partial charge in [0.2, 0.25) is 11.8 Å². The molecule has 1 aliphatic rings. The molecule has 0 aromatic carbocycles. The highest BCUT2D eigenvalue weighted by atomic mass is 16.4. The summed E-state index contributed by atoms with van der Waals surface area (Å²) >= 11 is 0. The van der Waals surface area contributed by atoms with E-state index in [0.717, 1.165) is 5.82 Å². The third kappa shape index (κ3) is 5.70. The number of nitrogens with one attached hydrogen (secondary N) is 1. The minimum absolute atomic E-state index is 0.0331. The Hall–Kier alpha value is -2.17. The molecule has 0 spiro atoms. The fourth-order valence-electron chi connectivity index (χ4n) is 2.60. The Kier molecular flexibility index (Phi) is 7.17. The maximum Gasteiger partial charge on any atom is 0.490 e. The molecule has 1 aliphatic heterocycles. The first-order chi connectivity index (χ1) is 12.0. The molecule has 0 saturated carbocycles. The van der Waals surface area contributed by atoms with Gasteiger partial charge in [0, 0.05) is 63.8 Å². The molecule has 0 unspecified atom stereocenters. The topological polar surface area (TPSA) is 132 Å². The third-order valence-corrected chi connectivity index (χ3v) is 4.06. The highest BCUT2D eigenvalue weighted by Gasteiger charge is 2.22. The molecule has 1 saturated heterocycles. The van der Waals surface area contributed by atoms with E-state index >= 15 is 0 Å². The second-order valence-electron chi connectivity index (χ2n) is 5.83. The van der Waals surface area contributed by atoms with Crippen LogP contribution >= 0.6 is 0 Å². The largest absolute Gasteiger partial charge is 0.490 e. The lowest BCUT2D eigenvalue weighted by Crippen LogP contribution is -2.49. The van der Waals surface area contributed by atoms with Crippen molar-refractivity contribution in [1.82, 2.24) is 15.2 Å². The number of aromatic nitrogens is 1. The van der Waals surface area contributed by atoms with Gasteiger partial charge < -0.3 is 30.9 Å². The standard InChI is InChI=1S/C15H24BN5O4/c17-5-6-18-14(22)3-4-15(23)21-9-7-20(8-10-21)13-2-1-12(11-19-13)16(24)25/h1-2,11,24-25H,3-10,17H2,(H,18,22). The van der Waals surface area contributed by atoms with Gasteiger partial charge in [0.25, 0.3) is 0 Å². The van der Waals surface area contributed by atoms with Gasteiger partial charge in [-0.05, 0) is 6.07 Å². The highest BCUT2D eigenvalue weighted by Crippen LogP contribution is 2.13. The van der Waals surface area contributed by atoms with E-state index in [-0.39, 0.29) is 24.7 Å². The summed E-state index contributed by atoms with van der Waals surface area (Å²) in [4.78, 5) is 31.7. The number of hydrogen-bond donors (Lipinski definition) is 4. The molecule has 2 amide bonds. The Balaban J connectivity index is 1.77. The number of anilines is 1. The number of piperazine rings is 1. The van der Waals surface area contributed by atoms with Crippen LogP contribution in [0.25, 0.3) is 0 Å². The maximum absolute atomic E-state index is 12.2. The molecule has 1 aromatic heterocycles. The van der Waals surface area contributed by atoms with Gasteiger partial charge in [-0.25, -0.2) is 4.98 Å². The minimum Gasteiger partial charge on any atom is -0.423 e. The molecule has 2 rings (SSSR count). The molecule has 0 atom stereocenters. The summed E-state index contributed by atoms with van der Waals surface area (Å²) in [6, 6.07) is 3.35. The Labute approximate surface area is 147 Å². The Morgan fingerprint density at radius 3 is 2.48 bits per heavy atom. The predicted molar refractivity (Wildman–Crippen MR) is 94.2 cm³/mol. The molecule has 2 heterocycles. The molecule has 0 bridgehead atoms. The van der Waals surface area contributed by atoms with Gasteiger partial charge in [0.15, 0.2) is 0 Å². The van der Waals surface area contributed by atoms with Crippen molar-refractivity contribution in [3.63, 3.8) is 0 Å². The molecule has 5 N–H and O–H groups in total. The summed E-state index contributed by atoms with van der Waals surface area (Å²) in [6.45, 7) is 3.21. The normalized spacial score (nSPS) is 14.4. The molecule has 0 radical (unpaired) electrons. The lowest BCUT2D eigenvalue weighted by molar-refractivity contribution is -0.133. The van der Waals surface area contributed by atoms with E-state index in [1.165, 1.54) is 6.20 Å². The van der Waals surface area contributed by atoms with Crippen LogP contribution in [0.5, 0.6) is 0 Å². The Morgan fingerprint density at radius 2 is 1.92 bits per heavy atom. The first kappa shape index (κ1) is 19.2. The van der Waals surface area contributed by atoms with Crippen LogP contribution in [0.15, 0.2) is 18.3 Å². The van der Waals surface area contributed by atoms with Crippen LogP contribution in [0.1, 0.15) is 12.8 Å². The van der Waals surface area contributed by atoms with Crippen molar-refractivity contribution in [3.05, 3.63) is 18.3 Å². The van der Waals surface area contributed by atoms with Crippen molar-refractivity contribution in [3.8, 4) is 0 Å². The average Bonchev–Trinajstić information content (AvgIpc) is 2.64. The van der Waals surface area contributed by atoms with Crippen LogP contribution < -0.4 is 21.4 Å². The summed E-state index contributed by atoms with van der Waals surface area (Å²) in [7, 11) is -1.53. The number of nitrogens with two attached hydrogens (primary N) is 1. The van der Waals surface area contributed by atoms with E-state index < -0.39 is 7.12 Å². The molecule has 9 nitrogen and oxygen atoms in total. The Morgan fingerprint density at radius 1 is 1.20 bits per heavy atom. The van der Waals surface area contributed by atoms with Gasteiger partial charge in [-0.2, -0.15) is 0 Å². The summed E-state index contributed by atoms with van der Waals surface area (Å²) in [5, 5.41) is 20.8. The molecule has 1 aromatic rings. The lowest BCUT2D eigenvalue weighted by Gasteiger charge is -2.35. The third-order valence-electron chi connectivity index (χ3n) is 4.06. The zero-order chi connectivity index (χ0) is 18.2. The SMILES string of the molecule is NCCNC(=O)CCC(=O)N1CCN(c2ccc(B(O)O)cn2)CC1. The van der Waals surface area contributed by atoms with E-state index in [0.29, 0.717) is 44.7 Å². The number of rotatable bonds is 7. The number of carbonyl (C=O) groups is 2. The van der Waals surface area contributed by atoms with Gasteiger partial charge in [-0.15, -0.1) is 0 Å². The van der Waals surface area contributed by atoms with E-state index in [1.54, 1.807) is 17.0 Å². The quantitative estimate of drug-likeness (QED) is 0.393. The minimum atomic E-state index is -1.53. The van der Waals surface area contributed by atoms with Gasteiger partial charge in [-0.1, -0.05) is 6.07 Å². The first-order valence-electron chi connectivity index (χ1n) is 8.33. The fraction of sp³-hybridized carbons (Fsp3) is 0.533.